The number of aryl methyl sites for hydroxylation is 1. The lowest BCUT2D eigenvalue weighted by Crippen LogP contribution is -2.14. The van der Waals surface area contributed by atoms with E-state index in [4.69, 9.17) is 0 Å². The zero-order valence-corrected chi connectivity index (χ0v) is 13.8. The van der Waals surface area contributed by atoms with Crippen LogP contribution in [0.1, 0.15) is 25.2 Å². The van der Waals surface area contributed by atoms with Crippen LogP contribution in [0.4, 0.5) is 23.4 Å². The van der Waals surface area contributed by atoms with Crippen LogP contribution in [0.5, 0.6) is 0 Å². The Bertz CT molecular complexity index is 911. The van der Waals surface area contributed by atoms with Gasteiger partial charge in [-0.15, -0.1) is 0 Å². The summed E-state index contributed by atoms with van der Waals surface area (Å²) in [5.74, 6) is -0.114. The van der Waals surface area contributed by atoms with E-state index in [0.717, 1.165) is 16.6 Å². The van der Waals surface area contributed by atoms with Crippen molar-refractivity contribution in [1.29, 1.82) is 0 Å². The molecule has 1 aromatic carbocycles. The molecule has 8 heteroatoms. The van der Waals surface area contributed by atoms with Gasteiger partial charge in [-0.3, -0.25) is 0 Å². The molecule has 0 saturated heterocycles. The molecule has 3 rings (SSSR count). The maximum Gasteiger partial charge on any atom is 0.435 e. The normalized spacial score (nSPS) is 12.2. The summed E-state index contributed by atoms with van der Waals surface area (Å²) in [6.07, 6.45) is -4.67. The van der Waals surface area contributed by atoms with E-state index < -0.39 is 17.7 Å². The molecule has 25 heavy (non-hydrogen) atoms. The molecule has 0 saturated carbocycles. The van der Waals surface area contributed by atoms with Gasteiger partial charge >= 0.3 is 6.18 Å². The summed E-state index contributed by atoms with van der Waals surface area (Å²) in [6.45, 7) is 5.44. The van der Waals surface area contributed by atoms with E-state index in [1.165, 1.54) is 12.1 Å². The average Bonchev–Trinajstić information content (AvgIpc) is 2.87. The van der Waals surface area contributed by atoms with E-state index in [0.29, 0.717) is 11.5 Å². The lowest BCUT2D eigenvalue weighted by Gasteiger charge is -2.12. The summed E-state index contributed by atoms with van der Waals surface area (Å²) in [5.41, 5.74) is -0.390. The zero-order chi connectivity index (χ0) is 18.4. The number of rotatable bonds is 3. The van der Waals surface area contributed by atoms with Gasteiger partial charge in [-0.1, -0.05) is 12.1 Å². The van der Waals surface area contributed by atoms with Gasteiger partial charge in [0, 0.05) is 17.8 Å². The van der Waals surface area contributed by atoms with Gasteiger partial charge in [0.25, 0.3) is 0 Å². The number of halogens is 4. The van der Waals surface area contributed by atoms with Crippen molar-refractivity contribution in [3.8, 4) is 11.1 Å². The molecule has 3 aromatic rings. The number of fused-ring (bicyclic) bond motifs is 1. The lowest BCUT2D eigenvalue weighted by atomic mass is 10.1. The molecule has 0 atom stereocenters. The third-order valence-corrected chi connectivity index (χ3v) is 3.56. The molecule has 0 bridgehead atoms. The molecule has 2 heterocycles. The molecule has 0 aliphatic heterocycles. The molecular formula is C17H16F4N4. The van der Waals surface area contributed by atoms with Crippen LogP contribution < -0.4 is 5.32 Å². The predicted octanol–water partition coefficient (Wildman–Crippen LogP) is 4.68. The Morgan fingerprint density at radius 3 is 2.32 bits per heavy atom. The molecule has 0 spiro atoms. The highest BCUT2D eigenvalue weighted by Crippen LogP contribution is 2.39. The number of hydrogen-bond donors (Lipinski definition) is 1. The summed E-state index contributed by atoms with van der Waals surface area (Å²) in [5, 5.41) is 6.82. The Labute approximate surface area is 141 Å². The van der Waals surface area contributed by atoms with Gasteiger partial charge in [0.15, 0.2) is 11.3 Å². The van der Waals surface area contributed by atoms with Crippen molar-refractivity contribution in [3.63, 3.8) is 0 Å². The van der Waals surface area contributed by atoms with Crippen LogP contribution in [0.2, 0.25) is 0 Å². The Morgan fingerprint density at radius 2 is 1.76 bits per heavy atom. The second-order valence-electron chi connectivity index (χ2n) is 6.05. The Kier molecular flexibility index (Phi) is 4.14. The minimum atomic E-state index is -4.67. The molecule has 0 aliphatic carbocycles. The van der Waals surface area contributed by atoms with E-state index in [2.05, 4.69) is 15.4 Å². The smallest absolute Gasteiger partial charge is 0.368 e. The fourth-order valence-corrected chi connectivity index (χ4v) is 2.62. The monoisotopic (exact) mass is 352 g/mol. The number of alkyl halides is 3. The third kappa shape index (κ3) is 3.29. The van der Waals surface area contributed by atoms with Crippen molar-refractivity contribution >= 4 is 11.5 Å². The van der Waals surface area contributed by atoms with Gasteiger partial charge in [0.05, 0.1) is 5.56 Å². The van der Waals surface area contributed by atoms with Gasteiger partial charge in [0.1, 0.15) is 11.6 Å². The van der Waals surface area contributed by atoms with Crippen LogP contribution >= 0.6 is 0 Å². The molecule has 2 aromatic heterocycles. The Hall–Kier alpha value is -2.64. The summed E-state index contributed by atoms with van der Waals surface area (Å²) < 4.78 is 55.0. The van der Waals surface area contributed by atoms with Gasteiger partial charge in [-0.05, 0) is 38.5 Å². The molecular weight excluding hydrogens is 336 g/mol. The quantitative estimate of drug-likeness (QED) is 0.696. The first kappa shape index (κ1) is 17.2. The van der Waals surface area contributed by atoms with Crippen LogP contribution in [0, 0.1) is 12.7 Å². The first-order valence-electron chi connectivity index (χ1n) is 7.67. The van der Waals surface area contributed by atoms with Crippen molar-refractivity contribution in [2.75, 3.05) is 5.32 Å². The van der Waals surface area contributed by atoms with Crippen LogP contribution in [0.3, 0.4) is 0 Å². The highest BCUT2D eigenvalue weighted by molar-refractivity contribution is 5.81. The fourth-order valence-electron chi connectivity index (χ4n) is 2.62. The summed E-state index contributed by atoms with van der Waals surface area (Å²) in [7, 11) is 0. The predicted molar refractivity (Wildman–Crippen MR) is 86.9 cm³/mol. The summed E-state index contributed by atoms with van der Waals surface area (Å²) in [6, 6.07) is 6.44. The number of nitrogens with one attached hydrogen (secondary N) is 1. The van der Waals surface area contributed by atoms with Gasteiger partial charge in [0.2, 0.25) is 0 Å². The van der Waals surface area contributed by atoms with Crippen molar-refractivity contribution in [2.45, 2.75) is 33.0 Å². The van der Waals surface area contributed by atoms with E-state index in [9.17, 15) is 17.6 Å². The Balaban J connectivity index is 2.36. The number of nitrogens with zero attached hydrogens (tertiary/aromatic N) is 3. The van der Waals surface area contributed by atoms with Crippen molar-refractivity contribution in [1.82, 2.24) is 14.6 Å². The molecule has 4 nitrogen and oxygen atoms in total. The molecule has 0 fully saturated rings. The van der Waals surface area contributed by atoms with Crippen molar-refractivity contribution < 1.29 is 17.6 Å². The molecule has 132 valence electrons. The zero-order valence-electron chi connectivity index (χ0n) is 13.8. The van der Waals surface area contributed by atoms with Crippen LogP contribution in [-0.4, -0.2) is 20.6 Å². The maximum absolute atomic E-state index is 13.5. The molecule has 1 N–H and O–H groups in total. The number of anilines is 1. The standard InChI is InChI=1S/C17H16F4N4/c1-9(2)22-13-8-10(3)23-16-14(11-4-6-12(18)7-5-11)15(17(19,20)21)24-25(13)16/h4-9,22H,1-3H3. The number of aromatic nitrogens is 3. The van der Waals surface area contributed by atoms with Crippen LogP contribution in [0.15, 0.2) is 30.3 Å². The molecule has 0 unspecified atom stereocenters. The minimum Gasteiger partial charge on any atom is -0.368 e. The highest BCUT2D eigenvalue weighted by Gasteiger charge is 2.39. The topological polar surface area (TPSA) is 42.2 Å². The van der Waals surface area contributed by atoms with Gasteiger partial charge in [-0.2, -0.15) is 22.8 Å². The van der Waals surface area contributed by atoms with Crippen LogP contribution in [-0.2, 0) is 6.18 Å². The number of benzene rings is 1. The molecule has 0 amide bonds. The van der Waals surface area contributed by atoms with E-state index in [-0.39, 0.29) is 22.8 Å². The largest absolute Gasteiger partial charge is 0.435 e. The SMILES string of the molecule is Cc1cc(NC(C)C)n2nc(C(F)(F)F)c(-c3ccc(F)cc3)c2n1. The van der Waals surface area contributed by atoms with E-state index in [1.807, 2.05) is 13.8 Å². The first-order chi connectivity index (χ1) is 11.7. The van der Waals surface area contributed by atoms with Crippen LogP contribution in [0.25, 0.3) is 16.8 Å². The number of hydrogen-bond acceptors (Lipinski definition) is 3. The van der Waals surface area contributed by atoms with E-state index in [1.54, 1.807) is 13.0 Å². The van der Waals surface area contributed by atoms with Crippen molar-refractivity contribution in [3.05, 3.63) is 47.5 Å². The second-order valence-corrected chi connectivity index (χ2v) is 6.05. The Morgan fingerprint density at radius 1 is 1.12 bits per heavy atom. The molecule has 0 aliphatic rings. The summed E-state index contributed by atoms with van der Waals surface area (Å²) >= 11 is 0. The second kappa shape index (κ2) is 6.02. The maximum atomic E-state index is 13.5. The average molecular weight is 352 g/mol. The third-order valence-electron chi connectivity index (χ3n) is 3.56. The van der Waals surface area contributed by atoms with Gasteiger partial charge < -0.3 is 5.32 Å². The minimum absolute atomic E-state index is 0.00203. The lowest BCUT2D eigenvalue weighted by molar-refractivity contribution is -0.140. The van der Waals surface area contributed by atoms with Crippen molar-refractivity contribution in [2.24, 2.45) is 0 Å². The fraction of sp³-hybridized carbons (Fsp3) is 0.294. The first-order valence-corrected chi connectivity index (χ1v) is 7.67. The molecule has 0 radical (unpaired) electrons. The summed E-state index contributed by atoms with van der Waals surface area (Å²) in [4.78, 5) is 4.24. The highest BCUT2D eigenvalue weighted by atomic mass is 19.4. The van der Waals surface area contributed by atoms with E-state index >= 15 is 0 Å². The van der Waals surface area contributed by atoms with Gasteiger partial charge in [-0.25, -0.2) is 9.37 Å².